The van der Waals surface area contributed by atoms with Crippen molar-refractivity contribution in [2.45, 2.75) is 58.4 Å². The summed E-state index contributed by atoms with van der Waals surface area (Å²) in [6, 6.07) is -1.19. The van der Waals surface area contributed by atoms with E-state index >= 15 is 0 Å². The Morgan fingerprint density at radius 2 is 1.71 bits per heavy atom. The fraction of sp³-hybridized carbons (Fsp3) is 0.875. The number of amides is 1. The molecule has 5 nitrogen and oxygen atoms in total. The van der Waals surface area contributed by atoms with Crippen LogP contribution in [0, 0.1) is 22.2 Å². The van der Waals surface area contributed by atoms with E-state index in [-0.39, 0.29) is 16.7 Å². The zero-order valence-electron chi connectivity index (χ0n) is 12.8. The zero-order chi connectivity index (χ0) is 15.5. The minimum Gasteiger partial charge on any atom is -0.480 e. The van der Waals surface area contributed by atoms with Crippen LogP contribution in [0.15, 0.2) is 0 Å². The molecule has 0 radical (unpaired) electrons. The van der Waals surface area contributed by atoms with E-state index < -0.39 is 24.0 Å². The molecule has 0 aromatic carbocycles. The first kappa shape index (κ1) is 14.8. The van der Waals surface area contributed by atoms with Gasteiger partial charge in [0.05, 0.1) is 12.0 Å². The molecule has 0 aromatic heterocycles. The van der Waals surface area contributed by atoms with Gasteiger partial charge in [0.15, 0.2) is 0 Å². The molecule has 1 amide bonds. The molecule has 4 aliphatic carbocycles. The number of carbonyl (C=O) groups excluding carboxylic acids is 1. The van der Waals surface area contributed by atoms with Gasteiger partial charge in [-0.05, 0) is 55.3 Å². The number of carboxylic acid groups (broad SMARTS) is 1. The molecule has 4 bridgehead atoms. The third-order valence-corrected chi connectivity index (χ3v) is 5.89. The van der Waals surface area contributed by atoms with Crippen LogP contribution >= 0.6 is 0 Å². The molecular weight excluding hydrogens is 270 g/mol. The smallest absolute Gasteiger partial charge is 0.328 e. The second-order valence-electron chi connectivity index (χ2n) is 8.46. The van der Waals surface area contributed by atoms with Crippen LogP contribution in [-0.4, -0.2) is 34.7 Å². The molecule has 3 N–H and O–H groups in total. The molecule has 4 aliphatic rings. The van der Waals surface area contributed by atoms with Crippen LogP contribution in [0.2, 0.25) is 0 Å². The van der Waals surface area contributed by atoms with Crippen LogP contribution in [0.4, 0.5) is 0 Å². The summed E-state index contributed by atoms with van der Waals surface area (Å²) in [4.78, 5) is 23.8. The van der Waals surface area contributed by atoms with Gasteiger partial charge in [0.2, 0.25) is 5.91 Å². The fourth-order valence-corrected chi connectivity index (χ4v) is 6.20. The standard InChI is InChI=1S/C16H25NO4/c1-14-3-10-4-15(2,7-14)9-16(5-10,8-14)13(21)17-11(6-18)12(19)20/h10-11,18H,3-9H2,1-2H3,(H,17,21)(H,19,20). The summed E-state index contributed by atoms with van der Waals surface area (Å²) < 4.78 is 0. The van der Waals surface area contributed by atoms with Gasteiger partial charge in [0.1, 0.15) is 6.04 Å². The lowest BCUT2D eigenvalue weighted by molar-refractivity contribution is -0.172. The quantitative estimate of drug-likeness (QED) is 0.734. The summed E-state index contributed by atoms with van der Waals surface area (Å²) in [5.41, 5.74) is -0.00132. The van der Waals surface area contributed by atoms with Crippen molar-refractivity contribution >= 4 is 11.9 Å². The molecule has 0 aromatic rings. The largest absolute Gasteiger partial charge is 0.480 e. The number of hydrogen-bond donors (Lipinski definition) is 3. The Labute approximate surface area is 125 Å². The number of rotatable bonds is 4. The molecule has 0 saturated heterocycles. The van der Waals surface area contributed by atoms with E-state index in [2.05, 4.69) is 19.2 Å². The predicted octanol–water partition coefficient (Wildman–Crippen LogP) is 1.54. The molecule has 0 spiro atoms. The number of carboxylic acids is 1. The molecule has 3 unspecified atom stereocenters. The lowest BCUT2D eigenvalue weighted by atomic mass is 9.40. The Morgan fingerprint density at radius 3 is 2.14 bits per heavy atom. The molecule has 5 heteroatoms. The van der Waals surface area contributed by atoms with E-state index in [9.17, 15) is 9.59 Å². The zero-order valence-corrected chi connectivity index (χ0v) is 12.8. The van der Waals surface area contributed by atoms with Gasteiger partial charge < -0.3 is 15.5 Å². The van der Waals surface area contributed by atoms with Crippen molar-refractivity contribution in [3.63, 3.8) is 0 Å². The van der Waals surface area contributed by atoms with Gasteiger partial charge in [-0.2, -0.15) is 0 Å². The second-order valence-corrected chi connectivity index (χ2v) is 8.46. The third kappa shape index (κ3) is 2.35. The van der Waals surface area contributed by atoms with Crippen LogP contribution in [0.25, 0.3) is 0 Å². The van der Waals surface area contributed by atoms with Gasteiger partial charge in [-0.3, -0.25) is 4.79 Å². The van der Waals surface area contributed by atoms with Gasteiger partial charge in [-0.25, -0.2) is 4.79 Å². The highest BCUT2D eigenvalue weighted by molar-refractivity contribution is 5.88. The summed E-state index contributed by atoms with van der Waals surface area (Å²) in [5, 5.41) is 20.7. The summed E-state index contributed by atoms with van der Waals surface area (Å²) in [5.74, 6) is -0.752. The molecule has 0 heterocycles. The normalized spacial score (nSPS) is 45.4. The van der Waals surface area contributed by atoms with Gasteiger partial charge in [-0.15, -0.1) is 0 Å². The van der Waals surface area contributed by atoms with Crippen molar-refractivity contribution in [2.24, 2.45) is 22.2 Å². The van der Waals surface area contributed by atoms with Crippen LogP contribution < -0.4 is 5.32 Å². The molecule has 118 valence electrons. The van der Waals surface area contributed by atoms with Crippen molar-refractivity contribution in [2.75, 3.05) is 6.61 Å². The Hall–Kier alpha value is -1.10. The van der Waals surface area contributed by atoms with Gasteiger partial charge >= 0.3 is 5.97 Å². The Balaban J connectivity index is 1.84. The molecular formula is C16H25NO4. The van der Waals surface area contributed by atoms with Gasteiger partial charge in [0.25, 0.3) is 0 Å². The van der Waals surface area contributed by atoms with E-state index in [0.717, 1.165) is 19.3 Å². The maximum absolute atomic E-state index is 12.8. The number of nitrogens with one attached hydrogen (secondary N) is 1. The molecule has 4 fully saturated rings. The van der Waals surface area contributed by atoms with Crippen molar-refractivity contribution in [3.05, 3.63) is 0 Å². The van der Waals surface area contributed by atoms with Crippen LogP contribution in [0.5, 0.6) is 0 Å². The maximum Gasteiger partial charge on any atom is 0.328 e. The van der Waals surface area contributed by atoms with Crippen LogP contribution in [-0.2, 0) is 9.59 Å². The molecule has 4 saturated carbocycles. The summed E-state index contributed by atoms with van der Waals surface area (Å²) in [7, 11) is 0. The number of hydrogen-bond acceptors (Lipinski definition) is 3. The molecule has 0 aliphatic heterocycles. The Bertz CT molecular complexity index is 471. The van der Waals surface area contributed by atoms with E-state index in [1.807, 2.05) is 0 Å². The number of aliphatic hydroxyl groups excluding tert-OH is 1. The fourth-order valence-electron chi connectivity index (χ4n) is 6.20. The first-order valence-electron chi connectivity index (χ1n) is 7.84. The highest BCUT2D eigenvalue weighted by Gasteiger charge is 2.62. The average Bonchev–Trinajstić information content (AvgIpc) is 2.30. The lowest BCUT2D eigenvalue weighted by Crippen LogP contribution is -2.61. The van der Waals surface area contributed by atoms with E-state index in [1.165, 1.54) is 19.3 Å². The number of carbonyl (C=O) groups is 2. The highest BCUT2D eigenvalue weighted by atomic mass is 16.4. The van der Waals surface area contributed by atoms with Gasteiger partial charge in [0, 0.05) is 0 Å². The second kappa shape index (κ2) is 4.45. The van der Waals surface area contributed by atoms with Crippen LogP contribution in [0.1, 0.15) is 52.4 Å². The minimum atomic E-state index is -1.19. The first-order valence-corrected chi connectivity index (χ1v) is 7.84. The monoisotopic (exact) mass is 295 g/mol. The molecule has 3 atom stereocenters. The lowest BCUT2D eigenvalue weighted by Gasteiger charge is -2.64. The molecule has 4 rings (SSSR count). The van der Waals surface area contributed by atoms with E-state index in [1.54, 1.807) is 0 Å². The van der Waals surface area contributed by atoms with E-state index in [0.29, 0.717) is 5.92 Å². The van der Waals surface area contributed by atoms with Crippen molar-refractivity contribution in [1.29, 1.82) is 0 Å². The summed E-state index contributed by atoms with van der Waals surface area (Å²) in [6.45, 7) is 3.99. The maximum atomic E-state index is 12.8. The topological polar surface area (TPSA) is 86.6 Å². The predicted molar refractivity (Wildman–Crippen MR) is 76.5 cm³/mol. The number of aliphatic carboxylic acids is 1. The summed E-state index contributed by atoms with van der Waals surface area (Å²) >= 11 is 0. The van der Waals surface area contributed by atoms with Crippen molar-refractivity contribution in [3.8, 4) is 0 Å². The third-order valence-electron chi connectivity index (χ3n) is 5.89. The van der Waals surface area contributed by atoms with Crippen molar-refractivity contribution < 1.29 is 19.8 Å². The summed E-state index contributed by atoms with van der Waals surface area (Å²) in [6.07, 6.45) is 6.15. The molecule has 21 heavy (non-hydrogen) atoms. The Kier molecular flexibility index (Phi) is 3.14. The van der Waals surface area contributed by atoms with Gasteiger partial charge in [-0.1, -0.05) is 13.8 Å². The van der Waals surface area contributed by atoms with Crippen LogP contribution in [0.3, 0.4) is 0 Å². The SMILES string of the molecule is CC12CC3CC(C)(C1)CC(C(=O)NC(CO)C(=O)O)(C3)C2. The number of aliphatic hydroxyl groups is 1. The van der Waals surface area contributed by atoms with Crippen molar-refractivity contribution in [1.82, 2.24) is 5.32 Å². The highest BCUT2D eigenvalue weighted by Crippen LogP contribution is 2.69. The minimum absolute atomic E-state index is 0.162. The van der Waals surface area contributed by atoms with E-state index in [4.69, 9.17) is 10.2 Å². The first-order chi connectivity index (χ1) is 9.69. The Morgan fingerprint density at radius 1 is 1.14 bits per heavy atom. The average molecular weight is 295 g/mol.